The van der Waals surface area contributed by atoms with Gasteiger partial charge in [-0.1, -0.05) is 35.4 Å². The average molecular weight is 398 g/mol. The number of benzene rings is 2. The molecule has 0 amide bonds. The quantitative estimate of drug-likeness (QED) is 0.626. The SMILES string of the molecule is Cc1ccc(S(=O)(=O)OCC(=O)COS(=O)(=O)c2ccc(C)cc2)cc1. The normalized spacial score (nSPS) is 12.1. The van der Waals surface area contributed by atoms with Gasteiger partial charge in [0.05, 0.1) is 9.79 Å². The second kappa shape index (κ2) is 8.09. The maximum absolute atomic E-state index is 12.0. The first-order valence-corrected chi connectivity index (χ1v) is 10.4. The van der Waals surface area contributed by atoms with Crippen LogP contribution in [0.2, 0.25) is 0 Å². The molecule has 7 nitrogen and oxygen atoms in total. The molecule has 0 unspecified atom stereocenters. The van der Waals surface area contributed by atoms with E-state index in [0.717, 1.165) is 11.1 Å². The van der Waals surface area contributed by atoms with Crippen molar-refractivity contribution in [3.63, 3.8) is 0 Å². The number of ketones is 1. The van der Waals surface area contributed by atoms with Gasteiger partial charge in [0, 0.05) is 0 Å². The van der Waals surface area contributed by atoms with Gasteiger partial charge < -0.3 is 0 Å². The lowest BCUT2D eigenvalue weighted by Gasteiger charge is -2.07. The van der Waals surface area contributed by atoms with Crippen LogP contribution in [0.25, 0.3) is 0 Å². The molecule has 26 heavy (non-hydrogen) atoms. The predicted molar refractivity (Wildman–Crippen MR) is 93.6 cm³/mol. The first kappa shape index (κ1) is 20.2. The van der Waals surface area contributed by atoms with Crippen LogP contribution in [0.1, 0.15) is 11.1 Å². The van der Waals surface area contributed by atoms with E-state index in [1.54, 1.807) is 38.1 Å². The average Bonchev–Trinajstić information content (AvgIpc) is 2.59. The predicted octanol–water partition coefficient (Wildman–Crippen LogP) is 1.98. The lowest BCUT2D eigenvalue weighted by Crippen LogP contribution is -2.21. The minimum Gasteiger partial charge on any atom is -0.294 e. The third kappa shape index (κ3) is 5.46. The molecule has 0 N–H and O–H groups in total. The Morgan fingerprint density at radius 1 is 0.692 bits per heavy atom. The number of rotatable bonds is 8. The molecule has 0 spiro atoms. The van der Waals surface area contributed by atoms with E-state index in [9.17, 15) is 21.6 Å². The van der Waals surface area contributed by atoms with Crippen molar-refractivity contribution in [2.75, 3.05) is 13.2 Å². The number of hydrogen-bond acceptors (Lipinski definition) is 7. The molecule has 0 fully saturated rings. The maximum atomic E-state index is 12.0. The molecule has 0 atom stereocenters. The molecule has 2 rings (SSSR count). The second-order valence-electron chi connectivity index (χ2n) is 5.60. The van der Waals surface area contributed by atoms with Crippen LogP contribution < -0.4 is 0 Å². The van der Waals surface area contributed by atoms with E-state index in [1.165, 1.54) is 24.3 Å². The lowest BCUT2D eigenvalue weighted by molar-refractivity contribution is -0.122. The van der Waals surface area contributed by atoms with E-state index >= 15 is 0 Å². The number of carbonyl (C=O) groups is 1. The first-order chi connectivity index (χ1) is 12.1. The highest BCUT2D eigenvalue weighted by Gasteiger charge is 2.20. The molecule has 0 saturated carbocycles. The Kier molecular flexibility index (Phi) is 6.30. The third-order valence-corrected chi connectivity index (χ3v) is 5.92. The van der Waals surface area contributed by atoms with Gasteiger partial charge in [0.2, 0.25) is 0 Å². The molecular formula is C17H18O7S2. The van der Waals surface area contributed by atoms with E-state index in [1.807, 2.05) is 0 Å². The van der Waals surface area contributed by atoms with Crippen LogP contribution in [-0.4, -0.2) is 35.8 Å². The molecule has 0 aliphatic rings. The molecule has 2 aromatic carbocycles. The van der Waals surface area contributed by atoms with Crippen LogP contribution in [-0.2, 0) is 33.4 Å². The van der Waals surface area contributed by atoms with Crippen LogP contribution in [0.3, 0.4) is 0 Å². The topological polar surface area (TPSA) is 104 Å². The van der Waals surface area contributed by atoms with Gasteiger partial charge in [0.15, 0.2) is 5.78 Å². The number of hydrogen-bond donors (Lipinski definition) is 0. The van der Waals surface area contributed by atoms with Crippen LogP contribution in [0, 0.1) is 13.8 Å². The smallest absolute Gasteiger partial charge is 0.294 e. The summed E-state index contributed by atoms with van der Waals surface area (Å²) in [5, 5.41) is 0. The fourth-order valence-corrected chi connectivity index (χ4v) is 3.66. The Balaban J connectivity index is 1.92. The van der Waals surface area contributed by atoms with Crippen LogP contribution in [0.5, 0.6) is 0 Å². The Morgan fingerprint density at radius 3 is 1.31 bits per heavy atom. The molecule has 2 aromatic rings. The van der Waals surface area contributed by atoms with Crippen molar-refractivity contribution in [2.45, 2.75) is 23.6 Å². The molecule has 0 bridgehead atoms. The van der Waals surface area contributed by atoms with E-state index in [-0.39, 0.29) is 9.79 Å². The highest BCUT2D eigenvalue weighted by molar-refractivity contribution is 7.87. The number of Topliss-reactive ketones (excluding diaryl/α,β-unsaturated/α-hetero) is 1. The van der Waals surface area contributed by atoms with Gasteiger partial charge in [0.25, 0.3) is 20.2 Å². The summed E-state index contributed by atoms with van der Waals surface area (Å²) >= 11 is 0. The van der Waals surface area contributed by atoms with E-state index in [2.05, 4.69) is 8.37 Å². The summed E-state index contributed by atoms with van der Waals surface area (Å²) in [4.78, 5) is 11.5. The zero-order valence-electron chi connectivity index (χ0n) is 14.2. The Morgan fingerprint density at radius 2 is 1.00 bits per heavy atom. The van der Waals surface area contributed by atoms with Crippen molar-refractivity contribution >= 4 is 26.0 Å². The van der Waals surface area contributed by atoms with Gasteiger partial charge in [-0.2, -0.15) is 16.8 Å². The minimum absolute atomic E-state index is 0.0934. The number of carbonyl (C=O) groups excluding carboxylic acids is 1. The van der Waals surface area contributed by atoms with Gasteiger partial charge in [-0.15, -0.1) is 0 Å². The highest BCUT2D eigenvalue weighted by atomic mass is 32.2. The summed E-state index contributed by atoms with van der Waals surface area (Å²) < 4.78 is 57.2. The molecule has 140 valence electrons. The van der Waals surface area contributed by atoms with Crippen LogP contribution in [0.15, 0.2) is 58.3 Å². The summed E-state index contributed by atoms with van der Waals surface area (Å²) in [6.45, 7) is 1.96. The zero-order chi connectivity index (χ0) is 19.4. The molecule has 0 aliphatic heterocycles. The second-order valence-corrected chi connectivity index (χ2v) is 8.83. The Labute approximate surface area is 152 Å². The molecule has 0 aromatic heterocycles. The maximum Gasteiger partial charge on any atom is 0.297 e. The van der Waals surface area contributed by atoms with Crippen molar-refractivity contribution < 1.29 is 30.0 Å². The van der Waals surface area contributed by atoms with Crippen molar-refractivity contribution in [2.24, 2.45) is 0 Å². The monoisotopic (exact) mass is 398 g/mol. The van der Waals surface area contributed by atoms with Gasteiger partial charge in [-0.05, 0) is 38.1 Å². The first-order valence-electron chi connectivity index (χ1n) is 7.54. The lowest BCUT2D eigenvalue weighted by atomic mass is 10.2. The zero-order valence-corrected chi connectivity index (χ0v) is 15.8. The molecule has 0 saturated heterocycles. The van der Waals surface area contributed by atoms with Crippen molar-refractivity contribution in [1.82, 2.24) is 0 Å². The van der Waals surface area contributed by atoms with Crippen molar-refractivity contribution in [3.05, 3.63) is 59.7 Å². The third-order valence-electron chi connectivity index (χ3n) is 3.37. The van der Waals surface area contributed by atoms with Gasteiger partial charge >= 0.3 is 0 Å². The molecule has 0 aliphatic carbocycles. The van der Waals surface area contributed by atoms with Crippen LogP contribution >= 0.6 is 0 Å². The summed E-state index contributed by atoms with van der Waals surface area (Å²) in [6, 6.07) is 11.8. The summed E-state index contributed by atoms with van der Waals surface area (Å²) in [6.07, 6.45) is 0. The van der Waals surface area contributed by atoms with Gasteiger partial charge in [-0.3, -0.25) is 13.2 Å². The number of aryl methyl sites for hydroxylation is 2. The largest absolute Gasteiger partial charge is 0.297 e. The fourth-order valence-electron chi connectivity index (χ4n) is 1.87. The highest BCUT2D eigenvalue weighted by Crippen LogP contribution is 2.15. The van der Waals surface area contributed by atoms with Gasteiger partial charge in [0.1, 0.15) is 13.2 Å². The van der Waals surface area contributed by atoms with Crippen molar-refractivity contribution in [1.29, 1.82) is 0 Å². The van der Waals surface area contributed by atoms with Crippen LogP contribution in [0.4, 0.5) is 0 Å². The molecular weight excluding hydrogens is 380 g/mol. The Hall–Kier alpha value is -2.07. The molecule has 0 radical (unpaired) electrons. The molecule has 9 heteroatoms. The van der Waals surface area contributed by atoms with E-state index < -0.39 is 39.2 Å². The molecule has 0 heterocycles. The minimum atomic E-state index is -4.11. The summed E-state index contributed by atoms with van der Waals surface area (Å²) in [5.74, 6) is -0.823. The van der Waals surface area contributed by atoms with Gasteiger partial charge in [-0.25, -0.2) is 0 Å². The van der Waals surface area contributed by atoms with E-state index in [0.29, 0.717) is 0 Å². The fraction of sp³-hybridized carbons (Fsp3) is 0.235. The summed E-state index contributed by atoms with van der Waals surface area (Å²) in [5.41, 5.74) is 1.74. The Bertz CT molecular complexity index is 893. The van der Waals surface area contributed by atoms with Crippen molar-refractivity contribution in [3.8, 4) is 0 Å². The van der Waals surface area contributed by atoms with E-state index in [4.69, 9.17) is 0 Å². The standard InChI is InChI=1S/C17H18O7S2/c1-13-3-7-16(8-4-13)25(19,20)23-11-15(18)12-24-26(21,22)17-9-5-14(2)6-10-17/h3-10H,11-12H2,1-2H3. The summed E-state index contributed by atoms with van der Waals surface area (Å²) in [7, 11) is -8.22.